The minimum atomic E-state index is -0.694. The average molecular weight is 294 g/mol. The van der Waals surface area contributed by atoms with Gasteiger partial charge < -0.3 is 10.2 Å². The fourth-order valence-corrected chi connectivity index (χ4v) is 6.13. The smallest absolute Gasteiger partial charge is 0.309 e. The van der Waals surface area contributed by atoms with Gasteiger partial charge in [-0.1, -0.05) is 26.2 Å². The predicted molar refractivity (Wildman–Crippen MR) is 81.9 cm³/mol. The predicted octanol–water partition coefficient (Wildman–Crippen LogP) is 3.99. The van der Waals surface area contributed by atoms with Crippen LogP contribution in [0.25, 0.3) is 0 Å². The molecule has 0 aromatic heterocycles. The Morgan fingerprint density at radius 2 is 1.81 bits per heavy atom. The van der Waals surface area contributed by atoms with Crippen molar-refractivity contribution in [2.24, 2.45) is 22.7 Å². The molecule has 0 aliphatic heterocycles. The zero-order chi connectivity index (χ0) is 15.3. The summed E-state index contributed by atoms with van der Waals surface area (Å²) in [4.78, 5) is 11.9. The molecule has 4 bridgehead atoms. The van der Waals surface area contributed by atoms with Gasteiger partial charge in [0.05, 0.1) is 11.0 Å². The van der Waals surface area contributed by atoms with Crippen molar-refractivity contribution >= 4 is 5.97 Å². The summed E-state index contributed by atoms with van der Waals surface area (Å²) in [6.45, 7) is 4.17. The van der Waals surface area contributed by atoms with Crippen molar-refractivity contribution < 1.29 is 15.0 Å². The van der Waals surface area contributed by atoms with Gasteiger partial charge in [-0.3, -0.25) is 4.79 Å². The van der Waals surface area contributed by atoms with Crippen LogP contribution in [0, 0.1) is 22.7 Å². The first kappa shape index (κ1) is 15.3. The largest absolute Gasteiger partial charge is 0.481 e. The summed E-state index contributed by atoms with van der Waals surface area (Å²) in [6, 6.07) is 0. The van der Waals surface area contributed by atoms with Gasteiger partial charge in [0.2, 0.25) is 0 Å². The topological polar surface area (TPSA) is 57.5 Å². The number of aliphatic carboxylic acids is 1. The number of hydrogen-bond acceptors (Lipinski definition) is 2. The highest BCUT2D eigenvalue weighted by atomic mass is 16.4. The van der Waals surface area contributed by atoms with E-state index in [1.807, 2.05) is 6.92 Å². The summed E-state index contributed by atoms with van der Waals surface area (Å²) in [5.74, 6) is 0.449. The maximum absolute atomic E-state index is 11.9. The number of aliphatic hydroxyl groups is 1. The van der Waals surface area contributed by atoms with Crippen molar-refractivity contribution in [1.82, 2.24) is 0 Å². The van der Waals surface area contributed by atoms with Gasteiger partial charge in [-0.15, -0.1) is 0 Å². The summed E-state index contributed by atoms with van der Waals surface area (Å²) in [5, 5.41) is 21.0. The third-order valence-electron chi connectivity index (χ3n) is 6.92. The molecule has 0 heterocycles. The van der Waals surface area contributed by atoms with E-state index in [1.54, 1.807) is 0 Å². The Kier molecular flexibility index (Phi) is 3.63. The molecule has 0 aromatic carbocycles. The molecule has 3 nitrogen and oxygen atoms in total. The van der Waals surface area contributed by atoms with Gasteiger partial charge >= 0.3 is 5.97 Å². The van der Waals surface area contributed by atoms with Gasteiger partial charge in [0.1, 0.15) is 0 Å². The van der Waals surface area contributed by atoms with Gasteiger partial charge in [0.25, 0.3) is 0 Å². The standard InChI is InChI=1S/C18H30O3/c1-3-4-5-6-16(2,21)18-10-13-7-14(11-18)9-17(8-13,12-18)15(19)20/h13-14,21H,3-12H2,1-2H3,(H,19,20). The van der Waals surface area contributed by atoms with Crippen molar-refractivity contribution in [3.63, 3.8) is 0 Å². The van der Waals surface area contributed by atoms with Crippen LogP contribution in [0.4, 0.5) is 0 Å². The number of unbranched alkanes of at least 4 members (excludes halogenated alkanes) is 2. The van der Waals surface area contributed by atoms with Crippen LogP contribution < -0.4 is 0 Å². The number of rotatable bonds is 6. The zero-order valence-corrected chi connectivity index (χ0v) is 13.5. The molecule has 4 fully saturated rings. The van der Waals surface area contributed by atoms with E-state index in [-0.39, 0.29) is 5.41 Å². The quantitative estimate of drug-likeness (QED) is 0.728. The maximum atomic E-state index is 11.9. The molecule has 0 saturated heterocycles. The summed E-state index contributed by atoms with van der Waals surface area (Å²) >= 11 is 0. The molecule has 0 aromatic rings. The number of hydrogen-bond donors (Lipinski definition) is 2. The number of carboxylic acid groups (broad SMARTS) is 1. The Balaban J connectivity index is 1.85. The van der Waals surface area contributed by atoms with E-state index >= 15 is 0 Å². The SMILES string of the molecule is CCCCCC(C)(O)C12CC3CC(CC(C(=O)O)(C3)C1)C2. The molecule has 4 saturated carbocycles. The van der Waals surface area contributed by atoms with Gasteiger partial charge in [-0.05, 0) is 63.7 Å². The average Bonchev–Trinajstić information content (AvgIpc) is 2.37. The lowest BCUT2D eigenvalue weighted by molar-refractivity contribution is -0.212. The number of carboxylic acids is 1. The van der Waals surface area contributed by atoms with E-state index in [9.17, 15) is 15.0 Å². The maximum Gasteiger partial charge on any atom is 0.309 e. The molecule has 0 amide bonds. The molecule has 4 rings (SSSR count). The van der Waals surface area contributed by atoms with Crippen LogP contribution in [0.15, 0.2) is 0 Å². The molecule has 3 atom stereocenters. The molecule has 3 heteroatoms. The monoisotopic (exact) mass is 294 g/mol. The summed E-state index contributed by atoms with van der Waals surface area (Å²) in [6.07, 6.45) is 9.92. The first-order chi connectivity index (χ1) is 9.82. The van der Waals surface area contributed by atoms with E-state index in [0.29, 0.717) is 18.3 Å². The summed E-state index contributed by atoms with van der Waals surface area (Å²) < 4.78 is 0. The van der Waals surface area contributed by atoms with Crippen LogP contribution in [0.5, 0.6) is 0 Å². The van der Waals surface area contributed by atoms with Crippen LogP contribution >= 0.6 is 0 Å². The lowest BCUT2D eigenvalue weighted by Crippen LogP contribution is -2.62. The highest BCUT2D eigenvalue weighted by molar-refractivity contribution is 5.75. The molecule has 21 heavy (non-hydrogen) atoms. The molecular weight excluding hydrogens is 264 g/mol. The van der Waals surface area contributed by atoms with Crippen LogP contribution in [0.1, 0.15) is 78.1 Å². The van der Waals surface area contributed by atoms with Crippen molar-refractivity contribution in [3.8, 4) is 0 Å². The molecule has 4 aliphatic carbocycles. The first-order valence-corrected chi connectivity index (χ1v) is 8.78. The Bertz CT molecular complexity index is 412. The van der Waals surface area contributed by atoms with Crippen molar-refractivity contribution in [1.29, 1.82) is 0 Å². The van der Waals surface area contributed by atoms with E-state index < -0.39 is 17.0 Å². The highest BCUT2D eigenvalue weighted by Crippen LogP contribution is 2.68. The lowest BCUT2D eigenvalue weighted by Gasteiger charge is -2.64. The molecule has 0 spiro atoms. The fourth-order valence-electron chi connectivity index (χ4n) is 6.13. The minimum Gasteiger partial charge on any atom is -0.481 e. The van der Waals surface area contributed by atoms with Crippen molar-refractivity contribution in [3.05, 3.63) is 0 Å². The summed E-state index contributed by atoms with van der Waals surface area (Å²) in [7, 11) is 0. The van der Waals surface area contributed by atoms with E-state index in [1.165, 1.54) is 6.42 Å². The van der Waals surface area contributed by atoms with E-state index in [4.69, 9.17) is 0 Å². The normalized spacial score (nSPS) is 43.8. The van der Waals surface area contributed by atoms with Crippen molar-refractivity contribution in [2.45, 2.75) is 83.7 Å². The Hall–Kier alpha value is -0.570. The molecule has 3 unspecified atom stereocenters. The van der Waals surface area contributed by atoms with Crippen LogP contribution in [0.2, 0.25) is 0 Å². The van der Waals surface area contributed by atoms with E-state index in [2.05, 4.69) is 6.92 Å². The lowest BCUT2D eigenvalue weighted by atomic mass is 9.40. The van der Waals surface area contributed by atoms with Crippen LogP contribution in [0.3, 0.4) is 0 Å². The van der Waals surface area contributed by atoms with Crippen molar-refractivity contribution in [2.75, 3.05) is 0 Å². The molecule has 120 valence electrons. The molecular formula is C18H30O3. The van der Waals surface area contributed by atoms with Gasteiger partial charge in [-0.2, -0.15) is 0 Å². The second kappa shape index (κ2) is 4.97. The Labute approximate surface area is 128 Å². The fraction of sp³-hybridized carbons (Fsp3) is 0.944. The highest BCUT2D eigenvalue weighted by Gasteiger charge is 2.65. The van der Waals surface area contributed by atoms with Gasteiger partial charge in [0, 0.05) is 5.41 Å². The van der Waals surface area contributed by atoms with Gasteiger partial charge in [-0.25, -0.2) is 0 Å². The molecule has 4 aliphatic rings. The third kappa shape index (κ3) is 2.32. The Morgan fingerprint density at radius 3 is 2.33 bits per heavy atom. The van der Waals surface area contributed by atoms with E-state index in [0.717, 1.165) is 51.4 Å². The first-order valence-electron chi connectivity index (χ1n) is 8.78. The third-order valence-corrected chi connectivity index (χ3v) is 6.92. The number of carbonyl (C=O) groups is 1. The van der Waals surface area contributed by atoms with Crippen LogP contribution in [-0.4, -0.2) is 21.8 Å². The molecule has 0 radical (unpaired) electrons. The minimum absolute atomic E-state index is 0.136. The molecule has 2 N–H and O–H groups in total. The van der Waals surface area contributed by atoms with Gasteiger partial charge in [0.15, 0.2) is 0 Å². The second-order valence-electron chi connectivity index (χ2n) is 8.56. The summed E-state index contributed by atoms with van der Waals surface area (Å²) in [5.41, 5.74) is -1.36. The second-order valence-corrected chi connectivity index (χ2v) is 8.56. The van der Waals surface area contributed by atoms with Crippen LogP contribution in [-0.2, 0) is 4.79 Å². The zero-order valence-electron chi connectivity index (χ0n) is 13.5. The Morgan fingerprint density at radius 1 is 1.19 bits per heavy atom.